The minimum atomic E-state index is -0.441. The summed E-state index contributed by atoms with van der Waals surface area (Å²) < 4.78 is 5.28. The molecule has 1 aliphatic rings. The molecular formula is C23H28N2O3. The molecule has 0 radical (unpaired) electrons. The van der Waals surface area contributed by atoms with E-state index in [0.29, 0.717) is 18.7 Å². The summed E-state index contributed by atoms with van der Waals surface area (Å²) in [5.74, 6) is -0.581. The van der Waals surface area contributed by atoms with Gasteiger partial charge in [0.2, 0.25) is 0 Å². The second-order valence-corrected chi connectivity index (χ2v) is 7.41. The summed E-state index contributed by atoms with van der Waals surface area (Å²) in [6.45, 7) is 10.7. The zero-order valence-corrected chi connectivity index (χ0v) is 17.1. The van der Waals surface area contributed by atoms with E-state index in [2.05, 4.69) is 36.9 Å². The first-order valence-electron chi connectivity index (χ1n) is 9.70. The lowest BCUT2D eigenvalue weighted by Crippen LogP contribution is -2.50. The molecule has 1 amide bonds. The monoisotopic (exact) mass is 380 g/mol. The number of carbonyl (C=O) groups excluding carboxylic acids is 2. The van der Waals surface area contributed by atoms with E-state index >= 15 is 0 Å². The Morgan fingerprint density at radius 2 is 1.46 bits per heavy atom. The van der Waals surface area contributed by atoms with Crippen LogP contribution in [0.4, 0.5) is 5.69 Å². The highest BCUT2D eigenvalue weighted by atomic mass is 16.5. The molecular weight excluding hydrogens is 352 g/mol. The van der Waals surface area contributed by atoms with E-state index < -0.39 is 5.97 Å². The summed E-state index contributed by atoms with van der Waals surface area (Å²) in [4.78, 5) is 28.9. The average molecular weight is 380 g/mol. The number of anilines is 1. The van der Waals surface area contributed by atoms with Crippen molar-refractivity contribution in [1.29, 1.82) is 0 Å². The van der Waals surface area contributed by atoms with Crippen molar-refractivity contribution in [2.24, 2.45) is 0 Å². The van der Waals surface area contributed by atoms with Gasteiger partial charge in [-0.3, -0.25) is 4.79 Å². The van der Waals surface area contributed by atoms with Crippen molar-refractivity contribution in [3.63, 3.8) is 0 Å². The van der Waals surface area contributed by atoms with Gasteiger partial charge in [0.15, 0.2) is 6.61 Å². The number of ether oxygens (including phenoxy) is 1. The predicted molar refractivity (Wildman–Crippen MR) is 111 cm³/mol. The molecule has 148 valence electrons. The van der Waals surface area contributed by atoms with Crippen molar-refractivity contribution >= 4 is 17.6 Å². The summed E-state index contributed by atoms with van der Waals surface area (Å²) in [7, 11) is 0. The zero-order chi connectivity index (χ0) is 20.3. The summed E-state index contributed by atoms with van der Waals surface area (Å²) >= 11 is 0. The Hall–Kier alpha value is -2.82. The molecule has 1 fully saturated rings. The summed E-state index contributed by atoms with van der Waals surface area (Å²) in [5, 5.41) is 0. The first-order chi connectivity index (χ1) is 13.4. The van der Waals surface area contributed by atoms with E-state index in [1.165, 1.54) is 16.8 Å². The Labute approximate surface area is 166 Å². The lowest BCUT2D eigenvalue weighted by molar-refractivity contribution is -0.134. The molecule has 5 heteroatoms. The van der Waals surface area contributed by atoms with Crippen LogP contribution in [0.3, 0.4) is 0 Å². The number of nitrogens with zero attached hydrogens (tertiary/aromatic N) is 2. The van der Waals surface area contributed by atoms with Gasteiger partial charge >= 0.3 is 5.97 Å². The second-order valence-electron chi connectivity index (χ2n) is 7.41. The minimum absolute atomic E-state index is 0.140. The van der Waals surface area contributed by atoms with Gasteiger partial charge in [0.25, 0.3) is 5.91 Å². The molecule has 0 aliphatic carbocycles. The van der Waals surface area contributed by atoms with Gasteiger partial charge in [-0.2, -0.15) is 0 Å². The molecule has 3 rings (SSSR count). The van der Waals surface area contributed by atoms with Crippen LogP contribution < -0.4 is 4.90 Å². The van der Waals surface area contributed by atoms with Crippen molar-refractivity contribution in [3.8, 4) is 0 Å². The second kappa shape index (κ2) is 8.46. The van der Waals surface area contributed by atoms with Crippen LogP contribution in [0.1, 0.15) is 32.6 Å². The Balaban J connectivity index is 1.53. The first kappa shape index (κ1) is 19.9. The van der Waals surface area contributed by atoms with Gasteiger partial charge in [-0.05, 0) is 62.1 Å². The van der Waals surface area contributed by atoms with Crippen LogP contribution in [0, 0.1) is 27.7 Å². The first-order valence-corrected chi connectivity index (χ1v) is 9.70. The number of carbonyl (C=O) groups is 2. The minimum Gasteiger partial charge on any atom is -0.452 e. The number of hydrogen-bond donors (Lipinski definition) is 0. The van der Waals surface area contributed by atoms with Gasteiger partial charge in [0.1, 0.15) is 0 Å². The standard InChI is InChI=1S/C23H28N2O3/c1-16-7-5-9-20(18(16)3)23(27)28-15-22(26)25-13-11-24(12-14-25)21-10-6-8-17(2)19(21)4/h5-10H,11-15H2,1-4H3. The van der Waals surface area contributed by atoms with Crippen LogP contribution in [0.2, 0.25) is 0 Å². The van der Waals surface area contributed by atoms with E-state index in [1.807, 2.05) is 26.0 Å². The predicted octanol–water partition coefficient (Wildman–Crippen LogP) is 3.43. The maximum absolute atomic E-state index is 12.5. The number of rotatable bonds is 4. The van der Waals surface area contributed by atoms with Crippen molar-refractivity contribution < 1.29 is 14.3 Å². The van der Waals surface area contributed by atoms with Gasteiger partial charge in [-0.25, -0.2) is 4.79 Å². The van der Waals surface area contributed by atoms with E-state index in [4.69, 9.17) is 4.74 Å². The normalized spacial score (nSPS) is 14.1. The number of benzene rings is 2. The van der Waals surface area contributed by atoms with Gasteiger partial charge in [0.05, 0.1) is 5.56 Å². The zero-order valence-electron chi connectivity index (χ0n) is 17.1. The van der Waals surface area contributed by atoms with Crippen molar-refractivity contribution in [3.05, 3.63) is 64.2 Å². The van der Waals surface area contributed by atoms with Gasteiger partial charge in [-0.15, -0.1) is 0 Å². The van der Waals surface area contributed by atoms with Crippen LogP contribution in [0.5, 0.6) is 0 Å². The summed E-state index contributed by atoms with van der Waals surface area (Å²) in [5.41, 5.74) is 6.23. The third kappa shape index (κ3) is 4.19. The van der Waals surface area contributed by atoms with Gasteiger partial charge < -0.3 is 14.5 Å². The highest BCUT2D eigenvalue weighted by Gasteiger charge is 2.23. The maximum Gasteiger partial charge on any atom is 0.338 e. The number of esters is 1. The average Bonchev–Trinajstić information content (AvgIpc) is 2.70. The fourth-order valence-corrected chi connectivity index (χ4v) is 3.54. The van der Waals surface area contributed by atoms with Crippen molar-refractivity contribution in [2.75, 3.05) is 37.7 Å². The van der Waals surface area contributed by atoms with Crippen molar-refractivity contribution in [2.45, 2.75) is 27.7 Å². The molecule has 0 saturated carbocycles. The van der Waals surface area contributed by atoms with Gasteiger partial charge in [0, 0.05) is 31.9 Å². The van der Waals surface area contributed by atoms with E-state index in [9.17, 15) is 9.59 Å². The van der Waals surface area contributed by atoms with Crippen LogP contribution >= 0.6 is 0 Å². The SMILES string of the molecule is Cc1cccc(C(=O)OCC(=O)N2CCN(c3cccc(C)c3C)CC2)c1C. The molecule has 5 nitrogen and oxygen atoms in total. The Kier molecular flexibility index (Phi) is 6.02. The van der Waals surface area contributed by atoms with E-state index in [0.717, 1.165) is 24.2 Å². The van der Waals surface area contributed by atoms with Gasteiger partial charge in [-0.1, -0.05) is 24.3 Å². The molecule has 0 spiro atoms. The van der Waals surface area contributed by atoms with Crippen LogP contribution in [0.25, 0.3) is 0 Å². The molecule has 1 heterocycles. The Morgan fingerprint density at radius 3 is 2.14 bits per heavy atom. The number of hydrogen-bond acceptors (Lipinski definition) is 4. The van der Waals surface area contributed by atoms with E-state index in [-0.39, 0.29) is 12.5 Å². The summed E-state index contributed by atoms with van der Waals surface area (Å²) in [6, 6.07) is 11.8. The van der Waals surface area contributed by atoms with Crippen LogP contribution in [-0.2, 0) is 9.53 Å². The molecule has 28 heavy (non-hydrogen) atoms. The topological polar surface area (TPSA) is 49.9 Å². The largest absolute Gasteiger partial charge is 0.452 e. The molecule has 0 atom stereocenters. The summed E-state index contributed by atoms with van der Waals surface area (Å²) in [6.07, 6.45) is 0. The smallest absolute Gasteiger partial charge is 0.338 e. The maximum atomic E-state index is 12.5. The van der Waals surface area contributed by atoms with E-state index in [1.54, 1.807) is 11.0 Å². The van der Waals surface area contributed by atoms with Crippen molar-refractivity contribution in [1.82, 2.24) is 4.90 Å². The number of piperazine rings is 1. The highest BCUT2D eigenvalue weighted by Crippen LogP contribution is 2.24. The highest BCUT2D eigenvalue weighted by molar-refractivity contribution is 5.93. The fraction of sp³-hybridized carbons (Fsp3) is 0.391. The molecule has 0 bridgehead atoms. The van der Waals surface area contributed by atoms with Crippen LogP contribution in [0.15, 0.2) is 36.4 Å². The number of amides is 1. The third-order valence-corrected chi connectivity index (χ3v) is 5.70. The number of aryl methyl sites for hydroxylation is 2. The molecule has 0 aromatic heterocycles. The Morgan fingerprint density at radius 1 is 0.857 bits per heavy atom. The third-order valence-electron chi connectivity index (χ3n) is 5.70. The molecule has 1 aliphatic heterocycles. The lowest BCUT2D eigenvalue weighted by atomic mass is 10.0. The molecule has 0 unspecified atom stereocenters. The fourth-order valence-electron chi connectivity index (χ4n) is 3.54. The van der Waals surface area contributed by atoms with Crippen LogP contribution in [-0.4, -0.2) is 49.6 Å². The quantitative estimate of drug-likeness (QED) is 0.763. The Bertz CT molecular complexity index is 883. The molecule has 2 aromatic rings. The molecule has 2 aromatic carbocycles. The lowest BCUT2D eigenvalue weighted by Gasteiger charge is -2.37. The molecule has 1 saturated heterocycles. The molecule has 0 N–H and O–H groups in total.